The molecular formula is C19H26N4O3. The molecule has 1 heterocycles. The highest BCUT2D eigenvalue weighted by Crippen LogP contribution is 2.23. The van der Waals surface area contributed by atoms with Crippen molar-refractivity contribution in [3.05, 3.63) is 30.0 Å². The van der Waals surface area contributed by atoms with Gasteiger partial charge in [0, 0.05) is 17.6 Å². The summed E-state index contributed by atoms with van der Waals surface area (Å²) >= 11 is 0. The number of aromatic nitrogens is 2. The fraction of sp³-hybridized carbons (Fsp3) is 0.526. The van der Waals surface area contributed by atoms with Crippen LogP contribution in [0.15, 0.2) is 24.4 Å². The molecule has 140 valence electrons. The van der Waals surface area contributed by atoms with Gasteiger partial charge in [-0.25, -0.2) is 9.97 Å². The van der Waals surface area contributed by atoms with Crippen molar-refractivity contribution in [3.8, 4) is 0 Å². The number of amides is 1. The smallest absolute Gasteiger partial charge is 0.253 e. The molecule has 1 atom stereocenters. The second-order valence-corrected chi connectivity index (χ2v) is 6.85. The number of rotatable bonds is 6. The number of nitrogens with zero attached hydrogens (tertiary/aromatic N) is 2. The van der Waals surface area contributed by atoms with Gasteiger partial charge in [-0.05, 0) is 38.2 Å². The van der Waals surface area contributed by atoms with Gasteiger partial charge >= 0.3 is 0 Å². The number of para-hydroxylation sites is 1. The zero-order valence-electron chi connectivity index (χ0n) is 15.0. The van der Waals surface area contributed by atoms with E-state index in [1.807, 2.05) is 13.0 Å². The molecule has 0 spiro atoms. The summed E-state index contributed by atoms with van der Waals surface area (Å²) in [5.41, 5.74) is 1.06. The van der Waals surface area contributed by atoms with Crippen molar-refractivity contribution in [1.29, 1.82) is 0 Å². The van der Waals surface area contributed by atoms with Gasteiger partial charge in [0.15, 0.2) is 0 Å². The predicted octanol–water partition coefficient (Wildman–Crippen LogP) is 1.85. The summed E-state index contributed by atoms with van der Waals surface area (Å²) in [6.07, 6.45) is 5.46. The average Bonchev–Trinajstić information content (AvgIpc) is 2.67. The van der Waals surface area contributed by atoms with Gasteiger partial charge in [-0.3, -0.25) is 4.79 Å². The molecule has 0 saturated heterocycles. The van der Waals surface area contributed by atoms with E-state index in [0.717, 1.165) is 31.1 Å². The van der Waals surface area contributed by atoms with Crippen molar-refractivity contribution in [3.63, 3.8) is 0 Å². The van der Waals surface area contributed by atoms with Gasteiger partial charge < -0.3 is 20.8 Å². The maximum atomic E-state index is 12.6. The molecule has 3 rings (SSSR count). The van der Waals surface area contributed by atoms with Gasteiger partial charge in [-0.2, -0.15) is 0 Å². The standard InChI is InChI=1S/C19H26N4O3/c1-2-13(11-24)21-18(26)16-5-3-4-12-10-20-19(23-17(12)16)22-14-6-8-15(25)9-7-14/h3-5,10,13-15,24-25H,2,6-9,11H2,1H3,(H,21,26)(H,20,22,23)/t13-,14?,15?/m1/s1. The van der Waals surface area contributed by atoms with E-state index in [1.165, 1.54) is 0 Å². The van der Waals surface area contributed by atoms with E-state index in [2.05, 4.69) is 20.6 Å². The van der Waals surface area contributed by atoms with Crippen LogP contribution in [0.25, 0.3) is 10.9 Å². The van der Waals surface area contributed by atoms with Gasteiger partial charge in [-0.15, -0.1) is 0 Å². The van der Waals surface area contributed by atoms with Crippen molar-refractivity contribution < 1.29 is 15.0 Å². The van der Waals surface area contributed by atoms with Gasteiger partial charge in [-0.1, -0.05) is 19.1 Å². The van der Waals surface area contributed by atoms with E-state index in [0.29, 0.717) is 23.4 Å². The number of carbonyl (C=O) groups is 1. The van der Waals surface area contributed by atoms with Crippen molar-refractivity contribution >= 4 is 22.8 Å². The third-order valence-electron chi connectivity index (χ3n) is 4.93. The van der Waals surface area contributed by atoms with Crippen molar-refractivity contribution in [2.24, 2.45) is 0 Å². The first-order chi connectivity index (χ1) is 12.6. The van der Waals surface area contributed by atoms with Crippen LogP contribution in [0.4, 0.5) is 5.95 Å². The molecule has 0 aliphatic heterocycles. The second kappa shape index (κ2) is 8.42. The first-order valence-corrected chi connectivity index (χ1v) is 9.22. The number of benzene rings is 1. The maximum Gasteiger partial charge on any atom is 0.253 e. The van der Waals surface area contributed by atoms with Crippen LogP contribution in [-0.4, -0.2) is 50.9 Å². The molecule has 1 aliphatic rings. The second-order valence-electron chi connectivity index (χ2n) is 6.85. The number of carbonyl (C=O) groups excluding carboxylic acids is 1. The largest absolute Gasteiger partial charge is 0.394 e. The molecule has 7 nitrogen and oxygen atoms in total. The van der Waals surface area contributed by atoms with Gasteiger partial charge in [0.2, 0.25) is 5.95 Å². The Morgan fingerprint density at radius 3 is 2.77 bits per heavy atom. The fourth-order valence-electron chi connectivity index (χ4n) is 3.25. The van der Waals surface area contributed by atoms with Gasteiger partial charge in [0.1, 0.15) is 0 Å². The predicted molar refractivity (Wildman–Crippen MR) is 100 cm³/mol. The van der Waals surface area contributed by atoms with Crippen molar-refractivity contribution in [1.82, 2.24) is 15.3 Å². The Morgan fingerprint density at radius 2 is 2.08 bits per heavy atom. The molecule has 1 amide bonds. The molecule has 1 fully saturated rings. The molecule has 26 heavy (non-hydrogen) atoms. The number of nitrogens with one attached hydrogen (secondary N) is 2. The summed E-state index contributed by atoms with van der Waals surface area (Å²) in [4.78, 5) is 21.5. The summed E-state index contributed by atoms with van der Waals surface area (Å²) in [7, 11) is 0. The summed E-state index contributed by atoms with van der Waals surface area (Å²) in [6, 6.07) is 5.36. The molecule has 0 radical (unpaired) electrons. The minimum Gasteiger partial charge on any atom is -0.394 e. The Labute approximate surface area is 152 Å². The third kappa shape index (κ3) is 4.28. The Kier molecular flexibility index (Phi) is 6.00. The number of fused-ring (bicyclic) bond motifs is 1. The van der Waals surface area contributed by atoms with E-state index in [-0.39, 0.29) is 30.7 Å². The Morgan fingerprint density at radius 1 is 1.31 bits per heavy atom. The number of hydrogen-bond donors (Lipinski definition) is 4. The lowest BCUT2D eigenvalue weighted by molar-refractivity contribution is 0.0916. The minimum absolute atomic E-state index is 0.0949. The fourth-order valence-corrected chi connectivity index (χ4v) is 3.25. The van der Waals surface area contributed by atoms with Crippen LogP contribution in [0.3, 0.4) is 0 Å². The first-order valence-electron chi connectivity index (χ1n) is 9.22. The highest BCUT2D eigenvalue weighted by atomic mass is 16.3. The van der Waals surface area contributed by atoms with Crippen molar-refractivity contribution in [2.75, 3.05) is 11.9 Å². The molecular weight excluding hydrogens is 332 g/mol. The Hall–Kier alpha value is -2.25. The normalized spacial score (nSPS) is 21.3. The molecule has 4 N–H and O–H groups in total. The molecule has 1 saturated carbocycles. The quantitative estimate of drug-likeness (QED) is 0.628. The Balaban J connectivity index is 1.82. The molecule has 1 aliphatic carbocycles. The lowest BCUT2D eigenvalue weighted by Gasteiger charge is -2.26. The number of anilines is 1. The van der Waals surface area contributed by atoms with E-state index in [4.69, 9.17) is 0 Å². The van der Waals surface area contributed by atoms with Crippen LogP contribution < -0.4 is 10.6 Å². The molecule has 7 heteroatoms. The van der Waals surface area contributed by atoms with Crippen LogP contribution in [0.2, 0.25) is 0 Å². The van der Waals surface area contributed by atoms with E-state index in [1.54, 1.807) is 18.3 Å². The first kappa shape index (κ1) is 18.5. The monoisotopic (exact) mass is 358 g/mol. The van der Waals surface area contributed by atoms with E-state index in [9.17, 15) is 15.0 Å². The minimum atomic E-state index is -0.272. The summed E-state index contributed by atoms with van der Waals surface area (Å²) in [6.45, 7) is 1.82. The average molecular weight is 358 g/mol. The molecule has 2 aromatic rings. The van der Waals surface area contributed by atoms with Crippen LogP contribution in [-0.2, 0) is 0 Å². The molecule has 1 aromatic carbocycles. The summed E-state index contributed by atoms with van der Waals surface area (Å²) < 4.78 is 0. The number of aliphatic hydroxyl groups is 2. The topological polar surface area (TPSA) is 107 Å². The van der Waals surface area contributed by atoms with Gasteiger partial charge in [0.05, 0.1) is 29.8 Å². The van der Waals surface area contributed by atoms with E-state index < -0.39 is 0 Å². The molecule has 0 bridgehead atoms. The SMILES string of the molecule is CC[C@H](CO)NC(=O)c1cccc2cnc(NC3CCC(O)CC3)nc12. The molecule has 0 unspecified atom stereocenters. The maximum absolute atomic E-state index is 12.6. The van der Waals surface area contributed by atoms with E-state index >= 15 is 0 Å². The zero-order valence-corrected chi connectivity index (χ0v) is 15.0. The van der Waals surface area contributed by atoms with Crippen molar-refractivity contribution in [2.45, 2.75) is 57.2 Å². The highest BCUT2D eigenvalue weighted by molar-refractivity contribution is 6.05. The number of aliphatic hydroxyl groups excluding tert-OH is 2. The third-order valence-corrected chi connectivity index (χ3v) is 4.93. The number of hydrogen-bond acceptors (Lipinski definition) is 6. The lowest BCUT2D eigenvalue weighted by Crippen LogP contribution is -2.37. The van der Waals surface area contributed by atoms with Crippen LogP contribution >= 0.6 is 0 Å². The summed E-state index contributed by atoms with van der Waals surface area (Å²) in [5.74, 6) is 0.246. The van der Waals surface area contributed by atoms with Crippen LogP contribution in [0.1, 0.15) is 49.4 Å². The lowest BCUT2D eigenvalue weighted by atomic mass is 9.93. The molecule has 1 aromatic heterocycles. The van der Waals surface area contributed by atoms with Crippen LogP contribution in [0.5, 0.6) is 0 Å². The highest BCUT2D eigenvalue weighted by Gasteiger charge is 2.20. The Bertz CT molecular complexity index is 756. The van der Waals surface area contributed by atoms with Gasteiger partial charge in [0.25, 0.3) is 5.91 Å². The zero-order chi connectivity index (χ0) is 18.5. The summed E-state index contributed by atoms with van der Waals surface area (Å²) in [5, 5.41) is 25.9. The van der Waals surface area contributed by atoms with Crippen LogP contribution in [0, 0.1) is 0 Å².